The molecule has 0 aromatic carbocycles. The molecular formula is C9H11ClN6. The van der Waals surface area contributed by atoms with E-state index in [0.29, 0.717) is 5.82 Å². The summed E-state index contributed by atoms with van der Waals surface area (Å²) in [5.41, 5.74) is 7.26. The number of aromatic nitrogens is 5. The summed E-state index contributed by atoms with van der Waals surface area (Å²) >= 11 is 5.73. The molecule has 0 saturated heterocycles. The average molecular weight is 239 g/mol. The van der Waals surface area contributed by atoms with E-state index in [2.05, 4.69) is 20.1 Å². The summed E-state index contributed by atoms with van der Waals surface area (Å²) in [5.74, 6) is 0.573. The fourth-order valence-electron chi connectivity index (χ4n) is 1.47. The number of nitrogens with zero attached hydrogens (tertiary/aromatic N) is 5. The summed E-state index contributed by atoms with van der Waals surface area (Å²) < 4.78 is 1.71. The van der Waals surface area contributed by atoms with Crippen molar-refractivity contribution < 1.29 is 0 Å². The van der Waals surface area contributed by atoms with Crippen LogP contribution < -0.4 is 5.73 Å². The van der Waals surface area contributed by atoms with Gasteiger partial charge in [-0.05, 0) is 18.0 Å². The second-order valence-corrected chi connectivity index (χ2v) is 3.64. The zero-order chi connectivity index (χ0) is 11.7. The normalized spacial score (nSPS) is 10.7. The fraction of sp³-hybridized carbons (Fsp3) is 0.333. The number of aryl methyl sites for hydroxylation is 2. The lowest BCUT2D eigenvalue weighted by Crippen LogP contribution is -2.00. The van der Waals surface area contributed by atoms with Crippen LogP contribution in [0.1, 0.15) is 12.6 Å². The molecule has 0 amide bonds. The van der Waals surface area contributed by atoms with Crippen LogP contribution in [0.4, 0.5) is 5.95 Å². The second kappa shape index (κ2) is 4.05. The van der Waals surface area contributed by atoms with Crippen molar-refractivity contribution in [3.63, 3.8) is 0 Å². The van der Waals surface area contributed by atoms with Gasteiger partial charge >= 0.3 is 0 Å². The first kappa shape index (κ1) is 10.8. The third kappa shape index (κ3) is 1.96. The Hall–Kier alpha value is -1.69. The van der Waals surface area contributed by atoms with Gasteiger partial charge in [-0.3, -0.25) is 4.68 Å². The molecule has 2 heterocycles. The molecule has 7 heteroatoms. The summed E-state index contributed by atoms with van der Waals surface area (Å²) in [6.45, 7) is 2.01. The van der Waals surface area contributed by atoms with E-state index < -0.39 is 0 Å². The maximum absolute atomic E-state index is 5.73. The topological polar surface area (TPSA) is 82.5 Å². The molecule has 0 fully saturated rings. The molecular weight excluding hydrogens is 228 g/mol. The lowest BCUT2D eigenvalue weighted by molar-refractivity contribution is 0.746. The van der Waals surface area contributed by atoms with Crippen molar-refractivity contribution in [3.8, 4) is 11.4 Å². The third-order valence-corrected chi connectivity index (χ3v) is 2.28. The van der Waals surface area contributed by atoms with Crippen LogP contribution in [0.15, 0.2) is 6.20 Å². The summed E-state index contributed by atoms with van der Waals surface area (Å²) in [4.78, 5) is 11.8. The minimum Gasteiger partial charge on any atom is -0.368 e. The van der Waals surface area contributed by atoms with Crippen LogP contribution in [0.2, 0.25) is 5.28 Å². The Bertz CT molecular complexity index is 500. The predicted molar refractivity (Wildman–Crippen MR) is 60.8 cm³/mol. The van der Waals surface area contributed by atoms with Crippen LogP contribution in [0, 0.1) is 0 Å². The van der Waals surface area contributed by atoms with Gasteiger partial charge in [-0.2, -0.15) is 20.1 Å². The number of hydrogen-bond acceptors (Lipinski definition) is 5. The van der Waals surface area contributed by atoms with E-state index >= 15 is 0 Å². The minimum absolute atomic E-state index is 0.0911. The molecule has 0 aliphatic heterocycles. The van der Waals surface area contributed by atoms with Gasteiger partial charge in [0.05, 0.1) is 11.3 Å². The van der Waals surface area contributed by atoms with Gasteiger partial charge in [-0.1, -0.05) is 6.92 Å². The molecule has 2 rings (SSSR count). The molecule has 0 aliphatic rings. The highest BCUT2D eigenvalue weighted by atomic mass is 35.5. The largest absolute Gasteiger partial charge is 0.368 e. The summed E-state index contributed by atoms with van der Waals surface area (Å²) in [6, 6.07) is 0. The first-order chi connectivity index (χ1) is 7.60. The highest BCUT2D eigenvalue weighted by Crippen LogP contribution is 2.20. The number of rotatable bonds is 2. The minimum atomic E-state index is 0.0911. The van der Waals surface area contributed by atoms with Crippen molar-refractivity contribution in [2.24, 2.45) is 7.05 Å². The first-order valence-corrected chi connectivity index (χ1v) is 5.18. The molecule has 0 spiro atoms. The van der Waals surface area contributed by atoms with Gasteiger partial charge in [-0.25, -0.2) is 0 Å². The molecule has 0 bridgehead atoms. The standard InChI is InChI=1S/C9H11ClN6/c1-3-6-5(4-16(2)15-6)7-12-8(10)14-9(11)13-7/h4H,3H2,1-2H3,(H2,11,12,13,14). The van der Waals surface area contributed by atoms with Crippen LogP contribution >= 0.6 is 11.6 Å². The van der Waals surface area contributed by atoms with E-state index in [1.165, 1.54) is 0 Å². The van der Waals surface area contributed by atoms with E-state index in [4.69, 9.17) is 17.3 Å². The Labute approximate surface area is 97.5 Å². The van der Waals surface area contributed by atoms with Gasteiger partial charge in [0.15, 0.2) is 5.82 Å². The van der Waals surface area contributed by atoms with E-state index in [9.17, 15) is 0 Å². The Morgan fingerprint density at radius 1 is 1.38 bits per heavy atom. The highest BCUT2D eigenvalue weighted by Gasteiger charge is 2.12. The second-order valence-electron chi connectivity index (χ2n) is 3.30. The molecule has 0 saturated carbocycles. The molecule has 0 atom stereocenters. The molecule has 6 nitrogen and oxygen atoms in total. The highest BCUT2D eigenvalue weighted by molar-refractivity contribution is 6.28. The lowest BCUT2D eigenvalue weighted by Gasteiger charge is -2.00. The maximum Gasteiger partial charge on any atom is 0.227 e. The van der Waals surface area contributed by atoms with Gasteiger partial charge in [0.1, 0.15) is 0 Å². The van der Waals surface area contributed by atoms with Crippen LogP contribution in [-0.4, -0.2) is 24.7 Å². The molecule has 84 valence electrons. The molecule has 2 aromatic rings. The molecule has 16 heavy (non-hydrogen) atoms. The monoisotopic (exact) mass is 238 g/mol. The Morgan fingerprint density at radius 3 is 2.75 bits per heavy atom. The van der Waals surface area contributed by atoms with Crippen molar-refractivity contribution in [1.82, 2.24) is 24.7 Å². The van der Waals surface area contributed by atoms with Crippen molar-refractivity contribution in [2.75, 3.05) is 5.73 Å². The van der Waals surface area contributed by atoms with Crippen molar-refractivity contribution in [1.29, 1.82) is 0 Å². The number of halogens is 1. The predicted octanol–water partition coefficient (Wildman–Crippen LogP) is 1.07. The van der Waals surface area contributed by atoms with Crippen LogP contribution in [0.5, 0.6) is 0 Å². The van der Waals surface area contributed by atoms with Crippen molar-refractivity contribution in [2.45, 2.75) is 13.3 Å². The molecule has 2 aromatic heterocycles. The van der Waals surface area contributed by atoms with E-state index in [-0.39, 0.29) is 11.2 Å². The summed E-state index contributed by atoms with van der Waals surface area (Å²) in [5, 5.41) is 4.39. The van der Waals surface area contributed by atoms with Gasteiger partial charge in [-0.15, -0.1) is 0 Å². The summed E-state index contributed by atoms with van der Waals surface area (Å²) in [7, 11) is 1.84. The third-order valence-electron chi connectivity index (χ3n) is 2.11. The Kier molecular flexibility index (Phi) is 2.74. The molecule has 0 radical (unpaired) electrons. The number of nitrogen functional groups attached to an aromatic ring is 1. The van der Waals surface area contributed by atoms with Gasteiger partial charge in [0, 0.05) is 13.2 Å². The molecule has 2 N–H and O–H groups in total. The van der Waals surface area contributed by atoms with E-state index in [0.717, 1.165) is 17.7 Å². The van der Waals surface area contributed by atoms with Crippen molar-refractivity contribution >= 4 is 17.5 Å². The quantitative estimate of drug-likeness (QED) is 0.846. The first-order valence-electron chi connectivity index (χ1n) is 4.80. The SMILES string of the molecule is CCc1nn(C)cc1-c1nc(N)nc(Cl)n1. The van der Waals surface area contributed by atoms with Gasteiger partial charge in [0.2, 0.25) is 11.2 Å². The zero-order valence-electron chi connectivity index (χ0n) is 8.98. The Balaban J connectivity index is 2.57. The number of hydrogen-bond donors (Lipinski definition) is 1. The fourth-order valence-corrected chi connectivity index (χ4v) is 1.63. The number of nitrogens with two attached hydrogens (primary N) is 1. The van der Waals surface area contributed by atoms with Crippen LogP contribution in [0.3, 0.4) is 0 Å². The van der Waals surface area contributed by atoms with Crippen LogP contribution in [-0.2, 0) is 13.5 Å². The number of anilines is 1. The molecule has 0 aliphatic carbocycles. The van der Waals surface area contributed by atoms with Crippen LogP contribution in [0.25, 0.3) is 11.4 Å². The average Bonchev–Trinajstić information content (AvgIpc) is 2.58. The lowest BCUT2D eigenvalue weighted by atomic mass is 10.2. The van der Waals surface area contributed by atoms with Gasteiger partial charge in [0.25, 0.3) is 0 Å². The smallest absolute Gasteiger partial charge is 0.227 e. The maximum atomic E-state index is 5.73. The molecule has 0 unspecified atom stereocenters. The van der Waals surface area contributed by atoms with E-state index in [1.54, 1.807) is 4.68 Å². The van der Waals surface area contributed by atoms with Crippen molar-refractivity contribution in [3.05, 3.63) is 17.2 Å². The Morgan fingerprint density at radius 2 is 2.12 bits per heavy atom. The van der Waals surface area contributed by atoms with Gasteiger partial charge < -0.3 is 5.73 Å². The van der Waals surface area contributed by atoms with E-state index in [1.807, 2.05) is 20.2 Å². The summed E-state index contributed by atoms with van der Waals surface area (Å²) in [6.07, 6.45) is 2.63. The zero-order valence-corrected chi connectivity index (χ0v) is 9.73.